The molecule has 0 aliphatic carbocycles. The van der Waals surface area contributed by atoms with E-state index >= 15 is 0 Å². The third-order valence-corrected chi connectivity index (χ3v) is 6.86. The van der Waals surface area contributed by atoms with E-state index < -0.39 is 0 Å². The van der Waals surface area contributed by atoms with Crippen LogP contribution >= 0.6 is 11.3 Å². The molecular weight excluding hydrogens is 446 g/mol. The van der Waals surface area contributed by atoms with Crippen LogP contribution in [0, 0.1) is 0 Å². The van der Waals surface area contributed by atoms with Crippen LogP contribution in [0.1, 0.15) is 15.9 Å². The van der Waals surface area contributed by atoms with Gasteiger partial charge in [0.05, 0.1) is 18.9 Å². The second-order valence-electron chi connectivity index (χ2n) is 8.52. The van der Waals surface area contributed by atoms with E-state index in [2.05, 4.69) is 21.3 Å². The van der Waals surface area contributed by atoms with E-state index in [9.17, 15) is 4.79 Å². The number of morpholine rings is 1. The summed E-state index contributed by atoms with van der Waals surface area (Å²) < 4.78 is 5.44. The van der Waals surface area contributed by atoms with Gasteiger partial charge in [-0.2, -0.15) is 0 Å². The molecule has 1 aliphatic heterocycles. The largest absolute Gasteiger partial charge is 0.379 e. The van der Waals surface area contributed by atoms with Gasteiger partial charge >= 0.3 is 0 Å². The van der Waals surface area contributed by atoms with Gasteiger partial charge < -0.3 is 15.0 Å². The van der Waals surface area contributed by atoms with Crippen molar-refractivity contribution in [3.63, 3.8) is 0 Å². The zero-order valence-corrected chi connectivity index (χ0v) is 20.1. The standard InChI is InChI=1S/C26H27N5O2S/c1-30(2)20-7-5-6-19(15-20)24(32)28-22-9-4-3-8-21(22)25-29-23-14-18(16-27-26(23)34-25)17-31-10-12-33-13-11-31/h3-9,14-16H,10-13,17H2,1-2H3,(H,28,32). The highest BCUT2D eigenvalue weighted by Gasteiger charge is 2.16. The maximum Gasteiger partial charge on any atom is 0.255 e. The molecule has 1 saturated heterocycles. The van der Waals surface area contributed by atoms with Crippen molar-refractivity contribution in [1.29, 1.82) is 0 Å². The molecule has 2 aromatic heterocycles. The van der Waals surface area contributed by atoms with Gasteiger partial charge in [0.2, 0.25) is 0 Å². The number of para-hydroxylation sites is 1. The van der Waals surface area contributed by atoms with Gasteiger partial charge in [0.15, 0.2) is 0 Å². The Labute approximate surface area is 203 Å². The van der Waals surface area contributed by atoms with E-state index in [1.165, 1.54) is 11.3 Å². The van der Waals surface area contributed by atoms with Gasteiger partial charge in [-0.05, 0) is 42.0 Å². The fourth-order valence-corrected chi connectivity index (χ4v) is 4.91. The summed E-state index contributed by atoms with van der Waals surface area (Å²) >= 11 is 1.53. The van der Waals surface area contributed by atoms with Crippen LogP contribution in [0.2, 0.25) is 0 Å². The van der Waals surface area contributed by atoms with Crippen LogP contribution in [-0.2, 0) is 11.3 Å². The smallest absolute Gasteiger partial charge is 0.255 e. The predicted octanol–water partition coefficient (Wildman–Crippen LogP) is 4.51. The summed E-state index contributed by atoms with van der Waals surface area (Å²) in [5.74, 6) is -0.150. The summed E-state index contributed by atoms with van der Waals surface area (Å²) in [6.07, 6.45) is 1.94. The molecule has 0 bridgehead atoms. The molecule has 3 heterocycles. The highest BCUT2D eigenvalue weighted by Crippen LogP contribution is 2.34. The molecule has 1 N–H and O–H groups in total. The highest BCUT2D eigenvalue weighted by molar-refractivity contribution is 7.21. The number of rotatable bonds is 6. The maximum absolute atomic E-state index is 13.0. The molecule has 2 aromatic carbocycles. The van der Waals surface area contributed by atoms with Crippen molar-refractivity contribution in [2.24, 2.45) is 0 Å². The van der Waals surface area contributed by atoms with Gasteiger partial charge in [0, 0.05) is 56.7 Å². The van der Waals surface area contributed by atoms with Crippen molar-refractivity contribution in [3.8, 4) is 10.6 Å². The molecule has 174 valence electrons. The zero-order valence-electron chi connectivity index (χ0n) is 19.3. The van der Waals surface area contributed by atoms with Crippen molar-refractivity contribution in [1.82, 2.24) is 14.9 Å². The Morgan fingerprint density at radius 1 is 1.12 bits per heavy atom. The Bertz CT molecular complexity index is 1310. The quantitative estimate of drug-likeness (QED) is 0.444. The maximum atomic E-state index is 13.0. The Kier molecular flexibility index (Phi) is 6.53. The first-order chi connectivity index (χ1) is 16.6. The Balaban J connectivity index is 1.39. The molecule has 0 spiro atoms. The molecule has 4 aromatic rings. The Hall–Kier alpha value is -3.33. The number of nitrogens with one attached hydrogen (secondary N) is 1. The van der Waals surface area contributed by atoms with Crippen LogP contribution in [0.3, 0.4) is 0 Å². The van der Waals surface area contributed by atoms with E-state index in [0.29, 0.717) is 5.56 Å². The van der Waals surface area contributed by atoms with Crippen LogP contribution in [0.5, 0.6) is 0 Å². The molecular formula is C26H27N5O2S. The number of ether oxygens (including phenoxy) is 1. The molecule has 1 amide bonds. The average molecular weight is 474 g/mol. The van der Waals surface area contributed by atoms with Gasteiger partial charge in [0.1, 0.15) is 15.4 Å². The van der Waals surface area contributed by atoms with Gasteiger partial charge in [-0.1, -0.05) is 29.5 Å². The number of hydrogen-bond donors (Lipinski definition) is 1. The third-order valence-electron chi connectivity index (χ3n) is 5.84. The fourth-order valence-electron chi connectivity index (χ4n) is 3.98. The number of amides is 1. The first kappa shape index (κ1) is 22.5. The summed E-state index contributed by atoms with van der Waals surface area (Å²) in [5.41, 5.74) is 5.23. The SMILES string of the molecule is CN(C)c1cccc(C(=O)Nc2ccccc2-c2nc3cc(CN4CCOCC4)cnc3s2)c1. The number of benzene rings is 2. The molecule has 0 unspecified atom stereocenters. The first-order valence-electron chi connectivity index (χ1n) is 11.3. The molecule has 0 atom stereocenters. The topological polar surface area (TPSA) is 70.6 Å². The summed E-state index contributed by atoms with van der Waals surface area (Å²) in [4.78, 5) is 27.8. The van der Waals surface area contributed by atoms with Gasteiger partial charge in [-0.15, -0.1) is 0 Å². The summed E-state index contributed by atoms with van der Waals surface area (Å²) in [6, 6.07) is 17.5. The zero-order chi connectivity index (χ0) is 23.5. The van der Waals surface area contributed by atoms with E-state index in [0.717, 1.165) is 70.7 Å². The molecule has 8 heteroatoms. The monoisotopic (exact) mass is 473 g/mol. The number of nitrogens with zero attached hydrogens (tertiary/aromatic N) is 4. The number of pyridine rings is 1. The lowest BCUT2D eigenvalue weighted by Crippen LogP contribution is -2.35. The van der Waals surface area contributed by atoms with Gasteiger partial charge in [0.25, 0.3) is 5.91 Å². The number of carbonyl (C=O) groups excluding carboxylic acids is 1. The number of hydrogen-bond acceptors (Lipinski definition) is 7. The lowest BCUT2D eigenvalue weighted by molar-refractivity contribution is 0.0341. The first-order valence-corrected chi connectivity index (χ1v) is 12.1. The minimum atomic E-state index is -0.150. The van der Waals surface area contributed by atoms with Crippen LogP contribution in [0.25, 0.3) is 20.9 Å². The number of fused-ring (bicyclic) bond motifs is 1. The van der Waals surface area contributed by atoms with Crippen molar-refractivity contribution in [2.45, 2.75) is 6.54 Å². The minimum Gasteiger partial charge on any atom is -0.379 e. The molecule has 1 fully saturated rings. The van der Waals surface area contributed by atoms with Gasteiger partial charge in [-0.3, -0.25) is 9.69 Å². The lowest BCUT2D eigenvalue weighted by atomic mass is 10.1. The van der Waals surface area contributed by atoms with E-state index in [-0.39, 0.29) is 5.91 Å². The average Bonchev–Trinajstić information content (AvgIpc) is 3.28. The van der Waals surface area contributed by atoms with E-state index in [4.69, 9.17) is 9.72 Å². The predicted molar refractivity (Wildman–Crippen MR) is 138 cm³/mol. The van der Waals surface area contributed by atoms with Gasteiger partial charge in [-0.25, -0.2) is 9.97 Å². The summed E-state index contributed by atoms with van der Waals surface area (Å²) in [6.45, 7) is 4.27. The number of thiazole rings is 1. The minimum absolute atomic E-state index is 0.150. The molecule has 5 rings (SSSR count). The molecule has 0 radical (unpaired) electrons. The Morgan fingerprint density at radius 3 is 2.76 bits per heavy atom. The molecule has 0 saturated carbocycles. The number of aromatic nitrogens is 2. The lowest BCUT2D eigenvalue weighted by Gasteiger charge is -2.26. The molecule has 34 heavy (non-hydrogen) atoms. The van der Waals surface area contributed by atoms with Crippen molar-refractivity contribution in [3.05, 3.63) is 71.9 Å². The van der Waals surface area contributed by atoms with Crippen LogP contribution in [-0.4, -0.2) is 61.2 Å². The third kappa shape index (κ3) is 4.94. The second kappa shape index (κ2) is 9.89. The second-order valence-corrected chi connectivity index (χ2v) is 9.50. The molecule has 7 nitrogen and oxygen atoms in total. The van der Waals surface area contributed by atoms with Crippen LogP contribution in [0.15, 0.2) is 60.8 Å². The Morgan fingerprint density at radius 2 is 1.94 bits per heavy atom. The van der Waals surface area contributed by atoms with Crippen molar-refractivity contribution in [2.75, 3.05) is 50.6 Å². The van der Waals surface area contributed by atoms with Crippen molar-refractivity contribution >= 4 is 39.0 Å². The van der Waals surface area contributed by atoms with Crippen molar-refractivity contribution < 1.29 is 9.53 Å². The highest BCUT2D eigenvalue weighted by atomic mass is 32.1. The number of anilines is 2. The van der Waals surface area contributed by atoms with E-state index in [1.807, 2.05) is 73.7 Å². The van der Waals surface area contributed by atoms with Crippen LogP contribution < -0.4 is 10.2 Å². The fraction of sp³-hybridized carbons (Fsp3) is 0.269. The summed E-state index contributed by atoms with van der Waals surface area (Å²) in [5, 5.41) is 3.91. The molecule has 1 aliphatic rings. The normalized spacial score (nSPS) is 14.3. The summed E-state index contributed by atoms with van der Waals surface area (Å²) in [7, 11) is 3.92. The number of carbonyl (C=O) groups is 1. The van der Waals surface area contributed by atoms with Crippen LogP contribution in [0.4, 0.5) is 11.4 Å². The van der Waals surface area contributed by atoms with E-state index in [1.54, 1.807) is 0 Å².